The van der Waals surface area contributed by atoms with Crippen molar-refractivity contribution in [1.29, 1.82) is 0 Å². The lowest BCUT2D eigenvalue weighted by atomic mass is 9.81. The third-order valence-corrected chi connectivity index (χ3v) is 13.1. The van der Waals surface area contributed by atoms with Gasteiger partial charge in [0, 0.05) is 27.2 Å². The van der Waals surface area contributed by atoms with E-state index in [4.69, 9.17) is 12.9 Å². The Labute approximate surface area is 295 Å². The summed E-state index contributed by atoms with van der Waals surface area (Å²) in [6.07, 6.45) is 0. The van der Waals surface area contributed by atoms with Gasteiger partial charge in [0.1, 0.15) is 16.9 Å². The number of para-hydroxylation sites is 1. The van der Waals surface area contributed by atoms with E-state index in [0.29, 0.717) is 0 Å². The molecule has 0 aliphatic rings. The molecule has 3 nitrogen and oxygen atoms in total. The van der Waals surface area contributed by atoms with Crippen LogP contribution in [0.5, 0.6) is 5.75 Å². The molecule has 6 rings (SSSR count). The average molecular weight is 689 g/mol. The van der Waals surface area contributed by atoms with Crippen LogP contribution in [0.1, 0.15) is 86.1 Å². The Balaban J connectivity index is 1.70. The minimum absolute atomic E-state index is 0.165. The number of benzene rings is 5. The molecule has 0 unspecified atom stereocenters. The molecule has 254 valence electrons. The lowest BCUT2D eigenvalue weighted by Gasteiger charge is -2.23. The molecule has 0 radical (unpaired) electrons. The van der Waals surface area contributed by atoms with E-state index >= 15 is 0 Å². The van der Waals surface area contributed by atoms with Gasteiger partial charge < -0.3 is 12.9 Å². The summed E-state index contributed by atoms with van der Waals surface area (Å²) < 4.78 is 21.3. The second-order valence-corrected chi connectivity index (χ2v) is 18.8. The normalized spacial score (nSPS) is 12.3. The second-order valence-electron chi connectivity index (χ2n) is 15.6. The van der Waals surface area contributed by atoms with Crippen molar-refractivity contribution in [3.8, 4) is 5.75 Å². The zero-order valence-electron chi connectivity index (χ0n) is 31.2. The molecule has 6 aromatic rings. The zero-order valence-corrected chi connectivity index (χ0v) is 33.0. The summed E-state index contributed by atoms with van der Waals surface area (Å²) in [5, 5.41) is 5.92. The summed E-state index contributed by atoms with van der Waals surface area (Å²) in [6, 6.07) is 30.9. The fourth-order valence-corrected chi connectivity index (χ4v) is 10.0. The summed E-state index contributed by atoms with van der Waals surface area (Å²) >= 11 is 0. The Morgan fingerprint density at radius 1 is 0.551 bits per heavy atom. The van der Waals surface area contributed by atoms with Crippen LogP contribution in [0.3, 0.4) is 0 Å². The van der Waals surface area contributed by atoms with Crippen molar-refractivity contribution in [1.82, 2.24) is 0 Å². The predicted octanol–water partition coefficient (Wildman–Crippen LogP) is 12.3. The van der Waals surface area contributed by atoms with E-state index in [-0.39, 0.29) is 10.8 Å². The van der Waals surface area contributed by atoms with Crippen molar-refractivity contribution in [2.75, 3.05) is 0 Å². The van der Waals surface area contributed by atoms with Gasteiger partial charge in [0.15, 0.2) is 0 Å². The first-order valence-corrected chi connectivity index (χ1v) is 19.6. The van der Waals surface area contributed by atoms with Gasteiger partial charge in [0.25, 0.3) is 0 Å². The molecule has 0 N–H and O–H groups in total. The highest BCUT2D eigenvalue weighted by Gasteiger charge is 2.28. The fourth-order valence-electron chi connectivity index (χ4n) is 6.51. The fraction of sp³-hybridized carbons (Fsp3) is 0.318. The van der Waals surface area contributed by atoms with Crippen LogP contribution in [0.25, 0.3) is 21.9 Å². The number of hydrogen-bond acceptors (Lipinski definition) is 3. The lowest BCUT2D eigenvalue weighted by molar-refractivity contribution is 0.491. The maximum Gasteiger partial charge on any atom is 0.453 e. The topological polar surface area (TPSA) is 35.5 Å². The van der Waals surface area contributed by atoms with Gasteiger partial charge in [-0.15, -0.1) is 0 Å². The van der Waals surface area contributed by atoms with E-state index in [9.17, 15) is 0 Å². The molecule has 0 fully saturated rings. The SMILES string of the molecule is Cc1ccc(P(c2ccc(C)cc2)c2ccccc2Op2oc3c(C(C)(C)C)cc(C)c(C)c3c3c(C)c(C)cc(C(C)(C)C)c3o2)cc1. The Bertz CT molecular complexity index is 2080. The third-order valence-electron chi connectivity index (χ3n) is 9.66. The van der Waals surface area contributed by atoms with Crippen LogP contribution in [-0.2, 0) is 10.8 Å². The highest BCUT2D eigenvalue weighted by Crippen LogP contribution is 2.47. The summed E-state index contributed by atoms with van der Waals surface area (Å²) in [5.74, 6) is 0.785. The van der Waals surface area contributed by atoms with Crippen LogP contribution in [0, 0.1) is 41.5 Å². The quantitative estimate of drug-likeness (QED) is 0.169. The highest BCUT2D eigenvalue weighted by molar-refractivity contribution is 7.80. The first kappa shape index (κ1) is 35.1. The van der Waals surface area contributed by atoms with Gasteiger partial charge in [-0.1, -0.05) is 132 Å². The first-order valence-electron chi connectivity index (χ1n) is 17.2. The molecule has 0 aliphatic carbocycles. The standard InChI is InChI=1S/C44H50O3P2/c1-27-17-21-33(22-18-27)48(34-23-19-28(2)20-24-34)38-16-14-13-15-37(38)45-49-46-41-35(43(7,8)9)25-29(3)31(5)39(41)40-32(6)30(4)26-36(42(40)47-49)44(10,11)12/h13-26H,1-12H3. The lowest BCUT2D eigenvalue weighted by Crippen LogP contribution is -2.21. The van der Waals surface area contributed by atoms with Crippen LogP contribution < -0.4 is 20.4 Å². The van der Waals surface area contributed by atoms with E-state index in [1.54, 1.807) is 0 Å². The Morgan fingerprint density at radius 3 is 1.37 bits per heavy atom. The van der Waals surface area contributed by atoms with Crippen LogP contribution in [0.2, 0.25) is 0 Å². The Morgan fingerprint density at radius 2 is 0.959 bits per heavy atom. The molecular formula is C44H50O3P2. The minimum atomic E-state index is -1.90. The van der Waals surface area contributed by atoms with Crippen molar-refractivity contribution < 1.29 is 12.9 Å². The van der Waals surface area contributed by atoms with Crippen molar-refractivity contribution >= 4 is 54.0 Å². The van der Waals surface area contributed by atoms with Crippen molar-refractivity contribution in [3.63, 3.8) is 0 Å². The summed E-state index contributed by atoms with van der Waals surface area (Å²) in [7, 11) is -2.82. The molecule has 5 aromatic carbocycles. The Hall–Kier alpha value is -3.77. The zero-order chi connectivity index (χ0) is 35.4. The second kappa shape index (κ2) is 13.2. The minimum Gasteiger partial charge on any atom is -0.390 e. The number of rotatable bonds is 5. The van der Waals surface area contributed by atoms with Crippen LogP contribution in [-0.4, -0.2) is 0 Å². The van der Waals surface area contributed by atoms with E-state index in [1.807, 2.05) is 6.07 Å². The smallest absolute Gasteiger partial charge is 0.390 e. The van der Waals surface area contributed by atoms with Crippen LogP contribution in [0.15, 0.2) is 93.3 Å². The summed E-state index contributed by atoms with van der Waals surface area (Å²) in [6.45, 7) is 26.7. The molecule has 0 bridgehead atoms. The molecule has 49 heavy (non-hydrogen) atoms. The van der Waals surface area contributed by atoms with Crippen molar-refractivity contribution in [2.24, 2.45) is 0 Å². The van der Waals surface area contributed by atoms with Crippen molar-refractivity contribution in [3.05, 3.63) is 129 Å². The van der Waals surface area contributed by atoms with Gasteiger partial charge >= 0.3 is 8.24 Å². The Kier molecular flexibility index (Phi) is 9.42. The number of aryl methyl sites for hydroxylation is 6. The van der Waals surface area contributed by atoms with Gasteiger partial charge in [-0.25, -0.2) is 0 Å². The van der Waals surface area contributed by atoms with E-state index in [1.165, 1.54) is 44.0 Å². The van der Waals surface area contributed by atoms with E-state index in [0.717, 1.165) is 44.1 Å². The van der Waals surface area contributed by atoms with E-state index in [2.05, 4.69) is 162 Å². The van der Waals surface area contributed by atoms with E-state index < -0.39 is 16.2 Å². The molecule has 0 aliphatic heterocycles. The molecule has 0 atom stereocenters. The molecule has 1 aromatic heterocycles. The van der Waals surface area contributed by atoms with Gasteiger partial charge in [-0.05, 0) is 99.2 Å². The predicted molar refractivity (Wildman–Crippen MR) is 213 cm³/mol. The third kappa shape index (κ3) is 6.86. The monoisotopic (exact) mass is 688 g/mol. The molecule has 0 saturated heterocycles. The molecule has 5 heteroatoms. The highest BCUT2D eigenvalue weighted by atomic mass is 31.1. The summed E-state index contributed by atoms with van der Waals surface area (Å²) in [5.41, 5.74) is 11.1. The molecule has 0 amide bonds. The number of hydrogen-bond donors (Lipinski definition) is 0. The molecular weight excluding hydrogens is 638 g/mol. The van der Waals surface area contributed by atoms with Gasteiger partial charge in [-0.2, -0.15) is 0 Å². The van der Waals surface area contributed by atoms with Crippen molar-refractivity contribution in [2.45, 2.75) is 93.9 Å². The first-order chi connectivity index (χ1) is 23.0. The maximum atomic E-state index is 7.10. The molecule has 0 spiro atoms. The van der Waals surface area contributed by atoms with Crippen LogP contribution in [0.4, 0.5) is 0 Å². The van der Waals surface area contributed by atoms with Gasteiger partial charge in [0.05, 0.1) is 0 Å². The maximum absolute atomic E-state index is 7.10. The van der Waals surface area contributed by atoms with Crippen LogP contribution >= 0.6 is 16.2 Å². The molecule has 0 saturated carbocycles. The molecule has 1 heterocycles. The largest absolute Gasteiger partial charge is 0.453 e. The average Bonchev–Trinajstić information content (AvgIpc) is 3.19. The summed E-state index contributed by atoms with van der Waals surface area (Å²) in [4.78, 5) is 0. The van der Waals surface area contributed by atoms with Gasteiger partial charge in [-0.3, -0.25) is 0 Å². The van der Waals surface area contributed by atoms with Gasteiger partial charge in [0.2, 0.25) is 0 Å². The number of fused-ring (bicyclic) bond motifs is 3.